The van der Waals surface area contributed by atoms with Gasteiger partial charge in [-0.25, -0.2) is 0 Å². The quantitative estimate of drug-likeness (QED) is 0.661. The van der Waals surface area contributed by atoms with Crippen LogP contribution in [0.3, 0.4) is 0 Å². The normalized spacial score (nSPS) is 20.4. The first-order valence-corrected chi connectivity index (χ1v) is 8.53. The van der Waals surface area contributed by atoms with Crippen molar-refractivity contribution in [2.75, 3.05) is 7.11 Å². The fourth-order valence-corrected chi connectivity index (χ4v) is 3.04. The van der Waals surface area contributed by atoms with Crippen LogP contribution in [0.15, 0.2) is 53.0 Å². The average Bonchev–Trinajstić information content (AvgIpc) is 3.05. The first-order valence-electron chi connectivity index (χ1n) is 8.53. The number of hydrogen-bond acceptors (Lipinski definition) is 2. The van der Waals surface area contributed by atoms with Crippen molar-refractivity contribution in [2.45, 2.75) is 26.0 Å². The molecule has 3 unspecified atom stereocenters. The summed E-state index contributed by atoms with van der Waals surface area (Å²) in [6, 6.07) is 11.5. The molecule has 25 heavy (non-hydrogen) atoms. The third-order valence-corrected chi connectivity index (χ3v) is 4.45. The van der Waals surface area contributed by atoms with E-state index in [1.54, 1.807) is 12.2 Å². The maximum atomic E-state index is 12.1. The monoisotopic (exact) mass is 338 g/mol. The first kappa shape index (κ1) is 17.2. The number of fused-ring (bicyclic) bond motifs is 1. The van der Waals surface area contributed by atoms with Gasteiger partial charge in [0.2, 0.25) is 12.0 Å². The van der Waals surface area contributed by atoms with Gasteiger partial charge in [-0.1, -0.05) is 49.4 Å². The summed E-state index contributed by atoms with van der Waals surface area (Å²) in [7, 11) is 1.81. The van der Waals surface area contributed by atoms with Gasteiger partial charge in [0, 0.05) is 11.6 Å². The van der Waals surface area contributed by atoms with E-state index in [0.29, 0.717) is 5.92 Å². The van der Waals surface area contributed by atoms with E-state index in [0.717, 1.165) is 22.6 Å². The molecule has 4 heteroatoms. The number of nitrogens with one attached hydrogen (secondary N) is 1. The number of aliphatic hydroxyl groups is 2. The van der Waals surface area contributed by atoms with E-state index in [1.165, 1.54) is 0 Å². The van der Waals surface area contributed by atoms with E-state index < -0.39 is 0 Å². The van der Waals surface area contributed by atoms with Crippen molar-refractivity contribution in [3.63, 3.8) is 0 Å². The largest absolute Gasteiger partial charge is 0.455 e. The summed E-state index contributed by atoms with van der Waals surface area (Å²) in [4.78, 5) is 12.1. The van der Waals surface area contributed by atoms with E-state index in [9.17, 15) is 4.79 Å². The van der Waals surface area contributed by atoms with Crippen molar-refractivity contribution in [3.8, 4) is 0 Å². The number of hydrogen-bond donors (Lipinski definition) is 1. The van der Waals surface area contributed by atoms with Crippen molar-refractivity contribution in [3.05, 3.63) is 71.2 Å². The summed E-state index contributed by atoms with van der Waals surface area (Å²) in [5.74, 6) is 1.80. The van der Waals surface area contributed by atoms with Crippen LogP contribution in [-0.4, -0.2) is 17.8 Å². The molecule has 0 radical (unpaired) electrons. The molecule has 0 bridgehead atoms. The van der Waals surface area contributed by atoms with E-state index in [1.807, 2.05) is 50.4 Å². The van der Waals surface area contributed by atoms with Gasteiger partial charge < -0.3 is 14.5 Å². The molecule has 1 aromatic heterocycles. The Bertz CT molecular complexity index is 789. The number of carbonyl (C=O) groups is 1. The number of amides is 1. The lowest BCUT2D eigenvalue weighted by molar-refractivity contribution is -0.117. The Morgan fingerprint density at radius 2 is 2.08 bits per heavy atom. The molecule has 1 aliphatic rings. The average molecular weight is 338 g/mol. The molecule has 3 rings (SSSR count). The highest BCUT2D eigenvalue weighted by atomic mass is 16.5. The molecule has 1 amide bonds. The van der Waals surface area contributed by atoms with Gasteiger partial charge in [0.25, 0.3) is 0 Å². The maximum Gasteiger partial charge on any atom is 0.244 e. The van der Waals surface area contributed by atoms with Gasteiger partial charge >= 0.3 is 0 Å². The number of ether oxygens (including phenoxy) is 1. The number of rotatable bonds is 5. The molecule has 130 valence electrons. The minimum Gasteiger partial charge on any atom is -0.455 e. The Balaban J connectivity index is 1.68. The van der Waals surface area contributed by atoms with Gasteiger partial charge in [-0.2, -0.15) is 0 Å². The molecule has 2 N–H and O–H groups in total. The summed E-state index contributed by atoms with van der Waals surface area (Å²) in [5.41, 5.74) is 2.04. The Kier molecular flexibility index (Phi) is 5.19. The minimum absolute atomic E-state index is 0.0367. The van der Waals surface area contributed by atoms with Crippen LogP contribution < -0.4 is 5.32 Å². The van der Waals surface area contributed by atoms with Crippen molar-refractivity contribution < 1.29 is 13.9 Å². The predicted molar refractivity (Wildman–Crippen MR) is 99.8 cm³/mol. The first-order chi connectivity index (χ1) is 12.1. The predicted octanol–water partition coefficient (Wildman–Crippen LogP) is 4.03. The third kappa shape index (κ3) is 3.91. The molecular formula is C21H24NO3+. The standard InChI is InChI=1S/C21H23NO3/c1-14-9-11-17-13-18(25-21(17)20(14)24-3)15(2)22-19(23)12-10-16-7-5-4-6-8-16/h4-15,20H,1-3H3,(H,22,23)/p+1/b12-10+. The van der Waals surface area contributed by atoms with Gasteiger partial charge in [0.1, 0.15) is 12.9 Å². The Morgan fingerprint density at radius 3 is 2.80 bits per heavy atom. The minimum atomic E-state index is -0.209. The molecule has 0 spiro atoms. The SMILES string of the molecule is C[OH+]C1c2oc(C(C)NC(=O)/C=C/c3ccccc3)cc2C=CC1C. The van der Waals surface area contributed by atoms with Crippen LogP contribution in [-0.2, 0) is 4.79 Å². The highest BCUT2D eigenvalue weighted by Gasteiger charge is 2.32. The molecule has 3 atom stereocenters. The highest BCUT2D eigenvalue weighted by Crippen LogP contribution is 2.36. The molecule has 0 saturated carbocycles. The number of furan rings is 1. The summed E-state index contributed by atoms with van der Waals surface area (Å²) in [6.45, 7) is 4.04. The molecule has 1 aliphatic carbocycles. The highest BCUT2D eigenvalue weighted by molar-refractivity contribution is 5.91. The molecular weight excluding hydrogens is 314 g/mol. The Labute approximate surface area is 148 Å². The summed E-state index contributed by atoms with van der Waals surface area (Å²) < 4.78 is 10.4. The zero-order valence-corrected chi connectivity index (χ0v) is 14.8. The second-order valence-electron chi connectivity index (χ2n) is 6.36. The van der Waals surface area contributed by atoms with E-state index in [4.69, 9.17) is 4.42 Å². The second kappa shape index (κ2) is 7.53. The number of carbonyl (C=O) groups excluding carboxylic acids is 1. The van der Waals surface area contributed by atoms with Crippen molar-refractivity contribution in [1.29, 1.82) is 0 Å². The fraction of sp³-hybridized carbons (Fsp3) is 0.286. The lowest BCUT2D eigenvalue weighted by Gasteiger charge is -2.18. The van der Waals surface area contributed by atoms with Crippen LogP contribution in [0.1, 0.15) is 48.6 Å². The van der Waals surface area contributed by atoms with Crippen LogP contribution in [0.2, 0.25) is 0 Å². The van der Waals surface area contributed by atoms with Gasteiger partial charge in [-0.3, -0.25) is 4.79 Å². The third-order valence-electron chi connectivity index (χ3n) is 4.45. The summed E-state index contributed by atoms with van der Waals surface area (Å²) in [5, 5.41) is 2.95. The van der Waals surface area contributed by atoms with Gasteiger partial charge in [0.15, 0.2) is 5.76 Å². The molecule has 2 aromatic rings. The van der Waals surface area contributed by atoms with Crippen LogP contribution >= 0.6 is 0 Å². The van der Waals surface area contributed by atoms with Crippen LogP contribution in [0.4, 0.5) is 0 Å². The molecule has 1 heterocycles. The number of benzene rings is 1. The smallest absolute Gasteiger partial charge is 0.244 e. The molecule has 0 saturated heterocycles. The van der Waals surface area contributed by atoms with Crippen LogP contribution in [0.25, 0.3) is 12.2 Å². The molecule has 0 fully saturated rings. The Morgan fingerprint density at radius 1 is 1.32 bits per heavy atom. The topological polar surface area (TPSA) is 55.0 Å². The van der Waals surface area contributed by atoms with Gasteiger partial charge in [-0.15, -0.1) is 0 Å². The zero-order valence-electron chi connectivity index (χ0n) is 14.8. The lowest BCUT2D eigenvalue weighted by Crippen LogP contribution is -2.24. The van der Waals surface area contributed by atoms with Crippen molar-refractivity contribution in [1.82, 2.24) is 5.32 Å². The maximum absolute atomic E-state index is 12.1. The van der Waals surface area contributed by atoms with Crippen LogP contribution in [0.5, 0.6) is 0 Å². The van der Waals surface area contributed by atoms with Gasteiger partial charge in [0.05, 0.1) is 12.0 Å². The summed E-state index contributed by atoms with van der Waals surface area (Å²) in [6.07, 6.45) is 7.59. The van der Waals surface area contributed by atoms with Crippen molar-refractivity contribution >= 4 is 18.1 Å². The van der Waals surface area contributed by atoms with Crippen LogP contribution in [0, 0.1) is 5.92 Å². The second-order valence-corrected chi connectivity index (χ2v) is 6.36. The van der Waals surface area contributed by atoms with Crippen molar-refractivity contribution in [2.24, 2.45) is 5.92 Å². The fourth-order valence-electron chi connectivity index (χ4n) is 3.04. The van der Waals surface area contributed by atoms with E-state index >= 15 is 0 Å². The molecule has 1 aromatic carbocycles. The van der Waals surface area contributed by atoms with E-state index in [2.05, 4.69) is 29.1 Å². The zero-order chi connectivity index (χ0) is 17.8. The van der Waals surface area contributed by atoms with E-state index in [-0.39, 0.29) is 18.1 Å². The Hall–Kier alpha value is -2.59. The molecule has 4 nitrogen and oxygen atoms in total. The molecule has 0 aliphatic heterocycles. The van der Waals surface area contributed by atoms with Gasteiger partial charge in [-0.05, 0) is 24.6 Å². The summed E-state index contributed by atoms with van der Waals surface area (Å²) >= 11 is 0. The lowest BCUT2D eigenvalue weighted by atomic mass is 9.93.